The highest BCUT2D eigenvalue weighted by atomic mass is 32.1. The van der Waals surface area contributed by atoms with E-state index in [1.165, 1.54) is 0 Å². The first-order valence-corrected chi connectivity index (χ1v) is 4.81. The molecular weight excluding hydrogens is 182 g/mol. The fraction of sp³-hybridized carbons (Fsp3) is 0.300. The molecule has 1 amide bonds. The maximum absolute atomic E-state index is 11.4. The number of para-hydroxylation sites is 1. The molecule has 68 valence electrons. The molecule has 2 nitrogen and oxygen atoms in total. The van der Waals surface area contributed by atoms with Gasteiger partial charge in [-0.25, -0.2) is 0 Å². The summed E-state index contributed by atoms with van der Waals surface area (Å²) in [4.78, 5) is 12.2. The lowest BCUT2D eigenvalue weighted by atomic mass is 10.3. The second-order valence-corrected chi connectivity index (χ2v) is 3.76. The van der Waals surface area contributed by atoms with E-state index in [4.69, 9.17) is 0 Å². The predicted molar refractivity (Wildman–Crippen MR) is 55.0 cm³/mol. The first-order chi connectivity index (χ1) is 6.27. The summed E-state index contributed by atoms with van der Waals surface area (Å²) in [5, 5.41) is 2.86. The summed E-state index contributed by atoms with van der Waals surface area (Å²) in [6.45, 7) is 0. The highest BCUT2D eigenvalue weighted by Crippen LogP contribution is 2.31. The van der Waals surface area contributed by atoms with Crippen molar-refractivity contribution in [3.05, 3.63) is 24.3 Å². The van der Waals surface area contributed by atoms with Crippen molar-refractivity contribution in [1.29, 1.82) is 0 Å². The van der Waals surface area contributed by atoms with E-state index in [-0.39, 0.29) is 11.8 Å². The molecule has 3 heteroatoms. The van der Waals surface area contributed by atoms with Crippen molar-refractivity contribution in [2.24, 2.45) is 5.92 Å². The monoisotopic (exact) mass is 193 g/mol. The minimum absolute atomic E-state index is 0.126. The van der Waals surface area contributed by atoms with Gasteiger partial charge in [-0.05, 0) is 25.0 Å². The molecule has 0 bridgehead atoms. The molecule has 0 aromatic heterocycles. The first kappa shape index (κ1) is 8.63. The Morgan fingerprint density at radius 1 is 1.38 bits per heavy atom. The van der Waals surface area contributed by atoms with Gasteiger partial charge in [-0.3, -0.25) is 4.79 Å². The molecule has 0 heterocycles. The van der Waals surface area contributed by atoms with Crippen molar-refractivity contribution < 1.29 is 4.79 Å². The first-order valence-electron chi connectivity index (χ1n) is 4.36. The van der Waals surface area contributed by atoms with Gasteiger partial charge in [0.25, 0.3) is 0 Å². The largest absolute Gasteiger partial charge is 0.325 e. The van der Waals surface area contributed by atoms with Crippen LogP contribution >= 0.6 is 12.6 Å². The van der Waals surface area contributed by atoms with Crippen LogP contribution in [0.5, 0.6) is 0 Å². The topological polar surface area (TPSA) is 29.1 Å². The molecule has 0 saturated heterocycles. The summed E-state index contributed by atoms with van der Waals surface area (Å²) in [5.74, 6) is 0.370. The molecule has 0 unspecified atom stereocenters. The number of hydrogen-bond donors (Lipinski definition) is 2. The van der Waals surface area contributed by atoms with Gasteiger partial charge in [-0.2, -0.15) is 0 Å². The molecule has 1 N–H and O–H groups in total. The van der Waals surface area contributed by atoms with Gasteiger partial charge in [0.2, 0.25) is 5.91 Å². The van der Waals surface area contributed by atoms with Crippen molar-refractivity contribution in [3.63, 3.8) is 0 Å². The van der Waals surface area contributed by atoms with Crippen LogP contribution in [-0.2, 0) is 4.79 Å². The van der Waals surface area contributed by atoms with Gasteiger partial charge in [-0.1, -0.05) is 12.1 Å². The predicted octanol–water partition coefficient (Wildman–Crippen LogP) is 2.32. The minimum atomic E-state index is 0.126. The van der Waals surface area contributed by atoms with Crippen molar-refractivity contribution in [3.8, 4) is 0 Å². The molecule has 13 heavy (non-hydrogen) atoms. The quantitative estimate of drug-likeness (QED) is 0.693. The van der Waals surface area contributed by atoms with E-state index in [0.717, 1.165) is 23.4 Å². The molecule has 1 aliphatic rings. The molecule has 1 saturated carbocycles. The zero-order valence-corrected chi connectivity index (χ0v) is 8.05. The second-order valence-electron chi connectivity index (χ2n) is 3.28. The van der Waals surface area contributed by atoms with Crippen LogP contribution < -0.4 is 5.32 Å². The van der Waals surface area contributed by atoms with Crippen LogP contribution in [0.3, 0.4) is 0 Å². The molecule has 1 aromatic carbocycles. The third-order valence-corrected chi connectivity index (χ3v) is 2.50. The minimum Gasteiger partial charge on any atom is -0.325 e. The van der Waals surface area contributed by atoms with E-state index in [1.54, 1.807) is 0 Å². The zero-order valence-electron chi connectivity index (χ0n) is 7.16. The average Bonchev–Trinajstić information content (AvgIpc) is 2.91. The summed E-state index contributed by atoms with van der Waals surface area (Å²) in [6.07, 6.45) is 2.06. The van der Waals surface area contributed by atoms with Crippen molar-refractivity contribution >= 4 is 24.2 Å². The number of hydrogen-bond acceptors (Lipinski definition) is 2. The standard InChI is InChI=1S/C10H11NOS/c12-10(7-5-6-7)11-8-3-1-2-4-9(8)13/h1-4,7,13H,5-6H2,(H,11,12). The van der Waals surface area contributed by atoms with Gasteiger partial charge in [0.05, 0.1) is 5.69 Å². The van der Waals surface area contributed by atoms with Gasteiger partial charge < -0.3 is 5.32 Å². The Hall–Kier alpha value is -0.960. The fourth-order valence-corrected chi connectivity index (χ4v) is 1.38. The SMILES string of the molecule is O=C(Nc1ccccc1S)C1CC1. The molecule has 0 aliphatic heterocycles. The van der Waals surface area contributed by atoms with Crippen LogP contribution in [-0.4, -0.2) is 5.91 Å². The summed E-state index contributed by atoms with van der Waals surface area (Å²) in [6, 6.07) is 7.52. The van der Waals surface area contributed by atoms with E-state index >= 15 is 0 Å². The lowest BCUT2D eigenvalue weighted by Gasteiger charge is -2.05. The van der Waals surface area contributed by atoms with E-state index in [0.29, 0.717) is 0 Å². The number of anilines is 1. The van der Waals surface area contributed by atoms with Crippen LogP contribution in [0.1, 0.15) is 12.8 Å². The highest BCUT2D eigenvalue weighted by Gasteiger charge is 2.29. The number of thiol groups is 1. The Bertz CT molecular complexity index is 333. The smallest absolute Gasteiger partial charge is 0.227 e. The van der Waals surface area contributed by atoms with Gasteiger partial charge in [0.1, 0.15) is 0 Å². The van der Waals surface area contributed by atoms with Crippen LogP contribution in [0.4, 0.5) is 5.69 Å². The zero-order chi connectivity index (χ0) is 9.26. The third kappa shape index (κ3) is 2.04. The van der Waals surface area contributed by atoms with E-state index in [1.807, 2.05) is 24.3 Å². The number of carbonyl (C=O) groups is 1. The van der Waals surface area contributed by atoms with Crippen molar-refractivity contribution in [1.82, 2.24) is 0 Å². The normalized spacial score (nSPS) is 15.5. The lowest BCUT2D eigenvalue weighted by Crippen LogP contribution is -2.13. The number of carbonyl (C=O) groups excluding carboxylic acids is 1. The summed E-state index contributed by atoms with van der Waals surface area (Å²) in [7, 11) is 0. The number of nitrogens with one attached hydrogen (secondary N) is 1. The molecule has 0 spiro atoms. The summed E-state index contributed by atoms with van der Waals surface area (Å²) in [5.41, 5.74) is 0.808. The fourth-order valence-electron chi connectivity index (χ4n) is 1.16. The number of amides is 1. The molecule has 2 rings (SSSR count). The molecular formula is C10H11NOS. The molecule has 1 fully saturated rings. The van der Waals surface area contributed by atoms with Crippen LogP contribution in [0, 0.1) is 5.92 Å². The highest BCUT2D eigenvalue weighted by molar-refractivity contribution is 7.80. The third-order valence-electron chi connectivity index (χ3n) is 2.11. The Balaban J connectivity index is 2.08. The Labute approximate surface area is 82.8 Å². The van der Waals surface area contributed by atoms with Crippen molar-refractivity contribution in [2.45, 2.75) is 17.7 Å². The maximum Gasteiger partial charge on any atom is 0.227 e. The van der Waals surface area contributed by atoms with Crippen LogP contribution in [0.15, 0.2) is 29.2 Å². The van der Waals surface area contributed by atoms with E-state index in [2.05, 4.69) is 17.9 Å². The van der Waals surface area contributed by atoms with Crippen LogP contribution in [0.2, 0.25) is 0 Å². The lowest BCUT2D eigenvalue weighted by molar-refractivity contribution is -0.117. The van der Waals surface area contributed by atoms with Gasteiger partial charge in [0.15, 0.2) is 0 Å². The Kier molecular flexibility index (Phi) is 2.27. The average molecular weight is 193 g/mol. The number of rotatable bonds is 2. The van der Waals surface area contributed by atoms with E-state index < -0.39 is 0 Å². The Morgan fingerprint density at radius 3 is 2.69 bits per heavy atom. The van der Waals surface area contributed by atoms with Gasteiger partial charge in [0, 0.05) is 10.8 Å². The number of benzene rings is 1. The van der Waals surface area contributed by atoms with Crippen LogP contribution in [0.25, 0.3) is 0 Å². The Morgan fingerprint density at radius 2 is 2.08 bits per heavy atom. The van der Waals surface area contributed by atoms with Crippen molar-refractivity contribution in [2.75, 3.05) is 5.32 Å². The molecule has 1 aromatic rings. The van der Waals surface area contributed by atoms with E-state index in [9.17, 15) is 4.79 Å². The molecule has 0 radical (unpaired) electrons. The van der Waals surface area contributed by atoms with Gasteiger partial charge in [-0.15, -0.1) is 12.6 Å². The second kappa shape index (κ2) is 3.42. The summed E-state index contributed by atoms with van der Waals surface area (Å²) >= 11 is 4.25. The molecule has 1 aliphatic carbocycles. The summed E-state index contributed by atoms with van der Waals surface area (Å²) < 4.78 is 0. The maximum atomic E-state index is 11.4. The van der Waals surface area contributed by atoms with Gasteiger partial charge >= 0.3 is 0 Å². The molecule has 0 atom stereocenters.